The molecule has 2 aromatic heterocycles. The van der Waals surface area contributed by atoms with Crippen LogP contribution in [0.5, 0.6) is 0 Å². The number of alkyl halides is 3. The van der Waals surface area contributed by atoms with Crippen molar-refractivity contribution in [1.82, 2.24) is 15.3 Å². The normalized spacial score (nSPS) is 10.6. The van der Waals surface area contributed by atoms with Gasteiger partial charge in [-0.05, 0) is 47.7 Å². The third kappa shape index (κ3) is 14.9. The van der Waals surface area contributed by atoms with E-state index >= 15 is 0 Å². The third-order valence-corrected chi connectivity index (χ3v) is 4.67. The van der Waals surface area contributed by atoms with Crippen molar-refractivity contribution >= 4 is 17.7 Å². The summed E-state index contributed by atoms with van der Waals surface area (Å²) in [7, 11) is 1.28. The molecule has 7 nitrogen and oxygen atoms in total. The van der Waals surface area contributed by atoms with Gasteiger partial charge in [-0.15, -0.1) is 0 Å². The lowest BCUT2D eigenvalue weighted by atomic mass is 10.1. The lowest BCUT2D eigenvalue weighted by Gasteiger charge is -2.09. The van der Waals surface area contributed by atoms with Crippen LogP contribution in [0.15, 0.2) is 60.9 Å². The van der Waals surface area contributed by atoms with Gasteiger partial charge in [0.05, 0.1) is 30.4 Å². The molecule has 0 aliphatic rings. The molecule has 2 N–H and O–H groups in total. The number of rotatable bonds is 8. The van der Waals surface area contributed by atoms with Gasteiger partial charge in [0.2, 0.25) is 0 Å². The Morgan fingerprint density at radius 3 is 1.93 bits per heavy atom. The highest BCUT2D eigenvalue weighted by molar-refractivity contribution is 5.94. The first kappa shape index (κ1) is 35.1. The van der Waals surface area contributed by atoms with Crippen molar-refractivity contribution in [3.05, 3.63) is 77.6 Å². The maximum Gasteiger partial charge on any atom is 0.416 e. The first-order chi connectivity index (χ1) is 19.2. The average Bonchev–Trinajstić information content (AvgIpc) is 2.91. The number of methoxy groups -OCH3 is 1. The first-order valence-corrected chi connectivity index (χ1v) is 13.4. The smallest absolute Gasteiger partial charge is 0.416 e. The van der Waals surface area contributed by atoms with E-state index in [9.17, 15) is 22.8 Å². The van der Waals surface area contributed by atoms with Gasteiger partial charge in [-0.3, -0.25) is 14.6 Å². The number of nitrogens with zero attached hydrogens (tertiary/aromatic N) is 2. The summed E-state index contributed by atoms with van der Waals surface area (Å²) in [5, 5.41) is 5.71. The van der Waals surface area contributed by atoms with E-state index in [0.717, 1.165) is 29.5 Å². The standard InChI is InChI=1S/C23H21F3N4O3.2C4H10/c1-33-21(31)10-11-27-22(32)17-5-9-20(30-14-17)29-13-15-2-8-19(28-12-15)16-3-6-18(7-4-16)23(24,25)26;2*1-4(2)3/h2-9,12,14H,10-11,13H2,1H3,(H,27,32)(H,29,30);2*4H,1-3H3. The zero-order chi connectivity index (χ0) is 31.0. The number of halogens is 3. The molecule has 0 saturated heterocycles. The van der Waals surface area contributed by atoms with Crippen molar-refractivity contribution in [2.75, 3.05) is 19.0 Å². The van der Waals surface area contributed by atoms with Crippen molar-refractivity contribution in [2.24, 2.45) is 11.8 Å². The highest BCUT2D eigenvalue weighted by Crippen LogP contribution is 2.30. The number of carbonyl (C=O) groups excluding carboxylic acids is 2. The van der Waals surface area contributed by atoms with E-state index in [1.165, 1.54) is 25.4 Å². The number of benzene rings is 1. The Hall–Kier alpha value is -3.95. The van der Waals surface area contributed by atoms with Crippen LogP contribution in [-0.4, -0.2) is 35.5 Å². The first-order valence-electron chi connectivity index (χ1n) is 13.4. The van der Waals surface area contributed by atoms with E-state index in [4.69, 9.17) is 0 Å². The lowest BCUT2D eigenvalue weighted by Crippen LogP contribution is -2.26. The summed E-state index contributed by atoms with van der Waals surface area (Å²) in [6.07, 6.45) is -1.24. The molecule has 0 unspecified atom stereocenters. The highest BCUT2D eigenvalue weighted by Gasteiger charge is 2.30. The van der Waals surface area contributed by atoms with E-state index in [1.807, 2.05) is 6.07 Å². The maximum absolute atomic E-state index is 12.7. The van der Waals surface area contributed by atoms with Gasteiger partial charge in [0.15, 0.2) is 0 Å². The van der Waals surface area contributed by atoms with Gasteiger partial charge in [0.1, 0.15) is 5.82 Å². The molecule has 2 heterocycles. The fraction of sp³-hybridized carbons (Fsp3) is 0.419. The number of esters is 1. The van der Waals surface area contributed by atoms with Gasteiger partial charge in [-0.2, -0.15) is 13.2 Å². The van der Waals surface area contributed by atoms with Crippen molar-refractivity contribution in [3.8, 4) is 11.3 Å². The van der Waals surface area contributed by atoms with Gasteiger partial charge in [0, 0.05) is 31.0 Å². The molecule has 0 spiro atoms. The molecule has 224 valence electrons. The van der Waals surface area contributed by atoms with E-state index < -0.39 is 17.7 Å². The van der Waals surface area contributed by atoms with E-state index in [0.29, 0.717) is 29.2 Å². The van der Waals surface area contributed by atoms with Crippen LogP contribution in [-0.2, 0) is 22.3 Å². The molecule has 0 bridgehead atoms. The second-order valence-electron chi connectivity index (χ2n) is 10.5. The van der Waals surface area contributed by atoms with Gasteiger partial charge in [-0.1, -0.05) is 59.7 Å². The summed E-state index contributed by atoms with van der Waals surface area (Å²) in [5.74, 6) is 1.46. The molecule has 0 fully saturated rings. The van der Waals surface area contributed by atoms with Crippen LogP contribution >= 0.6 is 0 Å². The summed E-state index contributed by atoms with van der Waals surface area (Å²) in [6.45, 7) is 13.6. The predicted molar refractivity (Wildman–Crippen MR) is 156 cm³/mol. The Kier molecular flexibility index (Phi) is 15.1. The van der Waals surface area contributed by atoms with Gasteiger partial charge in [-0.25, -0.2) is 4.98 Å². The van der Waals surface area contributed by atoms with Crippen LogP contribution in [0.3, 0.4) is 0 Å². The number of amides is 1. The van der Waals surface area contributed by atoms with Crippen molar-refractivity contribution in [2.45, 2.75) is 60.7 Å². The summed E-state index contributed by atoms with van der Waals surface area (Å²) in [6, 6.07) is 11.6. The topological polar surface area (TPSA) is 93.2 Å². The average molecular weight is 575 g/mol. The number of anilines is 1. The Balaban J connectivity index is 0.000000930. The number of carbonyl (C=O) groups is 2. The van der Waals surface area contributed by atoms with Crippen LogP contribution < -0.4 is 10.6 Å². The van der Waals surface area contributed by atoms with Crippen LogP contribution in [0.25, 0.3) is 11.3 Å². The van der Waals surface area contributed by atoms with E-state index in [-0.39, 0.29) is 18.9 Å². The molecule has 0 aliphatic heterocycles. The Bertz CT molecular complexity index is 1170. The Morgan fingerprint density at radius 2 is 1.46 bits per heavy atom. The van der Waals surface area contributed by atoms with Crippen molar-refractivity contribution < 1.29 is 27.5 Å². The minimum absolute atomic E-state index is 0.0843. The molecule has 0 atom stereocenters. The number of pyridine rings is 2. The number of nitrogens with one attached hydrogen (secondary N) is 2. The Labute approximate surface area is 241 Å². The van der Waals surface area contributed by atoms with Gasteiger partial charge < -0.3 is 15.4 Å². The summed E-state index contributed by atoms with van der Waals surface area (Å²) < 4.78 is 42.6. The molecule has 1 amide bonds. The fourth-order valence-corrected chi connectivity index (χ4v) is 2.84. The molecule has 10 heteroatoms. The molecular formula is C31H41F3N4O3. The Morgan fingerprint density at radius 1 is 0.854 bits per heavy atom. The maximum atomic E-state index is 12.7. The fourth-order valence-electron chi connectivity index (χ4n) is 2.84. The minimum atomic E-state index is -4.37. The van der Waals surface area contributed by atoms with Crippen molar-refractivity contribution in [1.29, 1.82) is 0 Å². The van der Waals surface area contributed by atoms with Crippen LogP contribution in [0, 0.1) is 11.8 Å². The van der Waals surface area contributed by atoms with E-state index in [1.54, 1.807) is 24.4 Å². The molecular weight excluding hydrogens is 533 g/mol. The second kappa shape index (κ2) is 17.7. The van der Waals surface area contributed by atoms with Crippen LogP contribution in [0.1, 0.15) is 69.4 Å². The molecule has 3 aromatic rings. The minimum Gasteiger partial charge on any atom is -0.469 e. The molecule has 1 aromatic carbocycles. The third-order valence-electron chi connectivity index (χ3n) is 4.67. The molecule has 41 heavy (non-hydrogen) atoms. The number of ether oxygens (including phenoxy) is 1. The number of hydrogen-bond donors (Lipinski definition) is 2. The molecule has 0 saturated carbocycles. The second-order valence-corrected chi connectivity index (χ2v) is 10.5. The summed E-state index contributed by atoms with van der Waals surface area (Å²) in [4.78, 5) is 31.6. The monoisotopic (exact) mass is 574 g/mol. The van der Waals surface area contributed by atoms with Crippen LogP contribution in [0.2, 0.25) is 0 Å². The zero-order valence-corrected chi connectivity index (χ0v) is 24.8. The largest absolute Gasteiger partial charge is 0.469 e. The number of aromatic nitrogens is 2. The summed E-state index contributed by atoms with van der Waals surface area (Å²) in [5.41, 5.74) is 1.65. The van der Waals surface area contributed by atoms with Gasteiger partial charge >= 0.3 is 12.1 Å². The van der Waals surface area contributed by atoms with E-state index in [2.05, 4.69) is 66.9 Å². The lowest BCUT2D eigenvalue weighted by molar-refractivity contribution is -0.140. The predicted octanol–water partition coefficient (Wildman–Crippen LogP) is 7.39. The molecule has 3 rings (SSSR count). The zero-order valence-electron chi connectivity index (χ0n) is 24.8. The van der Waals surface area contributed by atoms with Crippen molar-refractivity contribution in [3.63, 3.8) is 0 Å². The molecule has 0 aliphatic carbocycles. The van der Waals surface area contributed by atoms with Gasteiger partial charge in [0.25, 0.3) is 5.91 Å². The van der Waals surface area contributed by atoms with Crippen LogP contribution in [0.4, 0.5) is 19.0 Å². The quantitative estimate of drug-likeness (QED) is 0.273. The summed E-state index contributed by atoms with van der Waals surface area (Å²) >= 11 is 0. The SMILES string of the molecule is CC(C)C.CC(C)C.COC(=O)CCNC(=O)c1ccc(NCc2ccc(-c3ccc(C(F)(F)F)cc3)nc2)nc1. The highest BCUT2D eigenvalue weighted by atomic mass is 19.4. The number of hydrogen-bond acceptors (Lipinski definition) is 6. The molecule has 0 radical (unpaired) electrons.